The molecule has 3 aromatic rings. The molecule has 0 spiro atoms. The fraction of sp³-hybridized carbons (Fsp3) is 0. The first-order valence-corrected chi connectivity index (χ1v) is 6.96. The number of carbonyl (C=O) groups excluding carboxylic acids is 1. The van der Waals surface area contributed by atoms with Crippen LogP contribution in [0.25, 0.3) is 0 Å². The van der Waals surface area contributed by atoms with Crippen molar-refractivity contribution in [3.63, 3.8) is 0 Å². The monoisotopic (exact) mass is 303 g/mol. The quantitative estimate of drug-likeness (QED) is 0.735. The fourth-order valence-corrected chi connectivity index (χ4v) is 1.86. The van der Waals surface area contributed by atoms with E-state index in [1.54, 1.807) is 60.9 Å². The largest absolute Gasteiger partial charge is 0.321 e. The topological polar surface area (TPSA) is 79.6 Å². The van der Waals surface area contributed by atoms with Crippen LogP contribution < -0.4 is 5.32 Å². The second-order valence-electron chi connectivity index (χ2n) is 4.61. The number of aromatic nitrogens is 2. The molecule has 0 bridgehead atoms. The second kappa shape index (κ2) is 7.04. The summed E-state index contributed by atoms with van der Waals surface area (Å²) >= 11 is 0. The van der Waals surface area contributed by atoms with E-state index in [0.29, 0.717) is 22.9 Å². The molecule has 0 saturated heterocycles. The molecule has 6 heteroatoms. The van der Waals surface area contributed by atoms with Crippen LogP contribution in [0.1, 0.15) is 10.5 Å². The van der Waals surface area contributed by atoms with E-state index in [0.717, 1.165) is 0 Å². The van der Waals surface area contributed by atoms with Gasteiger partial charge in [-0.25, -0.2) is 4.98 Å². The van der Waals surface area contributed by atoms with Gasteiger partial charge in [0, 0.05) is 18.1 Å². The first-order valence-electron chi connectivity index (χ1n) is 6.96. The summed E-state index contributed by atoms with van der Waals surface area (Å²) in [6.45, 7) is 0. The molecule has 0 aliphatic rings. The summed E-state index contributed by atoms with van der Waals surface area (Å²) in [5.74, 6) is 0.250. The molecule has 23 heavy (non-hydrogen) atoms. The Morgan fingerprint density at radius 3 is 2.43 bits per heavy atom. The molecule has 1 aromatic carbocycles. The highest BCUT2D eigenvalue weighted by Gasteiger charge is 2.06. The van der Waals surface area contributed by atoms with Gasteiger partial charge in [-0.05, 0) is 42.5 Å². The standard InChI is InChI=1S/C17H13N5O/c23-17(15-8-1-3-10-18-15)20-13-6-5-7-14(12-13)21-22-16-9-2-4-11-19-16/h1-12H,(H,20,23)/b22-21+. The van der Waals surface area contributed by atoms with Gasteiger partial charge in [0.15, 0.2) is 5.82 Å². The Hall–Kier alpha value is -3.41. The van der Waals surface area contributed by atoms with Gasteiger partial charge in [-0.3, -0.25) is 9.78 Å². The van der Waals surface area contributed by atoms with Crippen LogP contribution in [0.2, 0.25) is 0 Å². The maximum absolute atomic E-state index is 12.1. The zero-order valence-corrected chi connectivity index (χ0v) is 12.1. The number of azo groups is 1. The molecule has 0 radical (unpaired) electrons. The zero-order valence-electron chi connectivity index (χ0n) is 12.1. The van der Waals surface area contributed by atoms with Crippen molar-refractivity contribution in [2.24, 2.45) is 10.2 Å². The number of nitrogens with zero attached hydrogens (tertiary/aromatic N) is 4. The molecule has 0 fully saturated rings. The third-order valence-corrected chi connectivity index (χ3v) is 2.92. The number of pyridine rings is 2. The van der Waals surface area contributed by atoms with Gasteiger partial charge in [-0.15, -0.1) is 10.2 Å². The van der Waals surface area contributed by atoms with Crippen molar-refractivity contribution in [1.82, 2.24) is 9.97 Å². The molecule has 1 amide bonds. The predicted octanol–water partition coefficient (Wildman–Crippen LogP) is 4.14. The molecular weight excluding hydrogens is 290 g/mol. The number of nitrogens with one attached hydrogen (secondary N) is 1. The van der Waals surface area contributed by atoms with Gasteiger partial charge in [0.25, 0.3) is 5.91 Å². The summed E-state index contributed by atoms with van der Waals surface area (Å²) < 4.78 is 0. The molecule has 6 nitrogen and oxygen atoms in total. The summed E-state index contributed by atoms with van der Waals surface area (Å²) in [7, 11) is 0. The van der Waals surface area contributed by atoms with Gasteiger partial charge in [-0.1, -0.05) is 18.2 Å². The number of hydrogen-bond acceptors (Lipinski definition) is 5. The average molecular weight is 303 g/mol. The summed E-state index contributed by atoms with van der Waals surface area (Å²) in [5.41, 5.74) is 1.60. The van der Waals surface area contributed by atoms with Crippen molar-refractivity contribution in [3.05, 3.63) is 78.8 Å². The maximum Gasteiger partial charge on any atom is 0.274 e. The van der Waals surface area contributed by atoms with Crippen molar-refractivity contribution >= 4 is 23.1 Å². The summed E-state index contributed by atoms with van der Waals surface area (Å²) in [6, 6.07) is 17.7. The van der Waals surface area contributed by atoms with Gasteiger partial charge in [0.2, 0.25) is 0 Å². The van der Waals surface area contributed by atoms with Crippen molar-refractivity contribution in [3.8, 4) is 0 Å². The van der Waals surface area contributed by atoms with Gasteiger partial charge in [-0.2, -0.15) is 0 Å². The smallest absolute Gasteiger partial charge is 0.274 e. The van der Waals surface area contributed by atoms with E-state index >= 15 is 0 Å². The molecule has 112 valence electrons. The molecular formula is C17H13N5O. The highest BCUT2D eigenvalue weighted by atomic mass is 16.1. The van der Waals surface area contributed by atoms with Crippen LogP contribution >= 0.6 is 0 Å². The minimum atomic E-state index is -0.274. The van der Waals surface area contributed by atoms with E-state index in [9.17, 15) is 4.79 Å². The Balaban J connectivity index is 1.73. The van der Waals surface area contributed by atoms with Crippen LogP contribution in [-0.4, -0.2) is 15.9 Å². The number of benzene rings is 1. The Kier molecular flexibility index (Phi) is 4.44. The minimum absolute atomic E-state index is 0.274. The number of carbonyl (C=O) groups is 1. The van der Waals surface area contributed by atoms with E-state index in [4.69, 9.17) is 0 Å². The Morgan fingerprint density at radius 2 is 1.70 bits per heavy atom. The van der Waals surface area contributed by atoms with Gasteiger partial charge >= 0.3 is 0 Å². The Morgan fingerprint density at radius 1 is 0.870 bits per heavy atom. The van der Waals surface area contributed by atoms with Crippen LogP contribution in [0.3, 0.4) is 0 Å². The van der Waals surface area contributed by atoms with Crippen LogP contribution in [0, 0.1) is 0 Å². The van der Waals surface area contributed by atoms with Crippen molar-refractivity contribution in [2.45, 2.75) is 0 Å². The van der Waals surface area contributed by atoms with E-state index in [-0.39, 0.29) is 5.91 Å². The lowest BCUT2D eigenvalue weighted by molar-refractivity contribution is 0.102. The van der Waals surface area contributed by atoms with Crippen LogP contribution in [0.5, 0.6) is 0 Å². The SMILES string of the molecule is O=C(Nc1cccc(/N=N/c2ccccn2)c1)c1ccccn1. The summed E-state index contributed by atoms with van der Waals surface area (Å²) in [6.07, 6.45) is 3.23. The Labute approximate surface area is 133 Å². The normalized spacial score (nSPS) is 10.6. The summed E-state index contributed by atoms with van der Waals surface area (Å²) in [4.78, 5) is 20.1. The zero-order chi connectivity index (χ0) is 15.9. The van der Waals surface area contributed by atoms with E-state index in [2.05, 4.69) is 25.5 Å². The van der Waals surface area contributed by atoms with Crippen LogP contribution in [0.4, 0.5) is 17.2 Å². The third-order valence-electron chi connectivity index (χ3n) is 2.92. The highest BCUT2D eigenvalue weighted by molar-refractivity contribution is 6.02. The molecule has 0 aliphatic carbocycles. The lowest BCUT2D eigenvalue weighted by Crippen LogP contribution is -2.13. The number of rotatable bonds is 4. The number of anilines is 1. The van der Waals surface area contributed by atoms with Gasteiger partial charge < -0.3 is 5.32 Å². The molecule has 0 unspecified atom stereocenters. The van der Waals surface area contributed by atoms with Crippen molar-refractivity contribution < 1.29 is 4.79 Å². The van der Waals surface area contributed by atoms with E-state index < -0.39 is 0 Å². The highest BCUT2D eigenvalue weighted by Crippen LogP contribution is 2.20. The molecule has 0 saturated carbocycles. The fourth-order valence-electron chi connectivity index (χ4n) is 1.86. The molecule has 0 aliphatic heterocycles. The first-order chi connectivity index (χ1) is 11.3. The number of amides is 1. The average Bonchev–Trinajstić information content (AvgIpc) is 2.62. The van der Waals surface area contributed by atoms with Crippen molar-refractivity contribution in [2.75, 3.05) is 5.32 Å². The van der Waals surface area contributed by atoms with E-state index in [1.807, 2.05) is 12.1 Å². The van der Waals surface area contributed by atoms with Crippen molar-refractivity contribution in [1.29, 1.82) is 0 Å². The Bertz CT molecular complexity index is 819. The molecule has 2 heterocycles. The molecule has 3 rings (SSSR count). The third kappa shape index (κ3) is 4.04. The second-order valence-corrected chi connectivity index (χ2v) is 4.61. The predicted molar refractivity (Wildman–Crippen MR) is 87.0 cm³/mol. The van der Waals surface area contributed by atoms with Gasteiger partial charge in [0.1, 0.15) is 5.69 Å². The molecule has 2 aromatic heterocycles. The van der Waals surface area contributed by atoms with Crippen LogP contribution in [-0.2, 0) is 0 Å². The minimum Gasteiger partial charge on any atom is -0.321 e. The van der Waals surface area contributed by atoms with E-state index in [1.165, 1.54) is 0 Å². The maximum atomic E-state index is 12.1. The number of hydrogen-bond donors (Lipinski definition) is 1. The first kappa shape index (κ1) is 14.5. The lowest BCUT2D eigenvalue weighted by atomic mass is 10.2. The van der Waals surface area contributed by atoms with Crippen LogP contribution in [0.15, 0.2) is 83.3 Å². The lowest BCUT2D eigenvalue weighted by Gasteiger charge is -2.04. The summed E-state index contributed by atoms with van der Waals surface area (Å²) in [5, 5.41) is 10.9. The molecule has 1 N–H and O–H groups in total. The molecule has 0 atom stereocenters. The van der Waals surface area contributed by atoms with Gasteiger partial charge in [0.05, 0.1) is 5.69 Å².